The Labute approximate surface area is 126 Å². The Morgan fingerprint density at radius 2 is 2.10 bits per heavy atom. The number of nitrogens with one attached hydrogen (secondary N) is 1. The van der Waals surface area contributed by atoms with E-state index in [1.807, 2.05) is 26.0 Å². The summed E-state index contributed by atoms with van der Waals surface area (Å²) in [5, 5.41) is 3.11. The van der Waals surface area contributed by atoms with Gasteiger partial charge in [-0.05, 0) is 37.5 Å². The van der Waals surface area contributed by atoms with Crippen LogP contribution in [0.1, 0.15) is 39.0 Å². The summed E-state index contributed by atoms with van der Waals surface area (Å²) in [5.74, 6) is 1.35. The minimum Gasteiger partial charge on any atom is -0.466 e. The molecule has 1 aliphatic rings. The van der Waals surface area contributed by atoms with Gasteiger partial charge in [0, 0.05) is 4.83 Å². The van der Waals surface area contributed by atoms with E-state index in [0.717, 1.165) is 12.2 Å². The Kier molecular flexibility index (Phi) is 3.42. The molecule has 0 spiro atoms. The van der Waals surface area contributed by atoms with E-state index < -0.39 is 0 Å². The number of aryl methyl sites for hydroxylation is 2. The van der Waals surface area contributed by atoms with Gasteiger partial charge in [0.05, 0.1) is 11.6 Å². The van der Waals surface area contributed by atoms with Gasteiger partial charge in [0.2, 0.25) is 0 Å². The molecule has 3 nitrogen and oxygen atoms in total. The number of halogens is 1. The third kappa shape index (κ3) is 2.29. The fourth-order valence-electron chi connectivity index (χ4n) is 2.79. The van der Waals surface area contributed by atoms with Crippen molar-refractivity contribution >= 4 is 21.8 Å². The maximum atomic E-state index is 12.4. The van der Waals surface area contributed by atoms with Crippen molar-refractivity contribution in [3.05, 3.63) is 58.5 Å². The summed E-state index contributed by atoms with van der Waals surface area (Å²) in [7, 11) is 0. The molecule has 1 aromatic carbocycles. The lowest BCUT2D eigenvalue weighted by Crippen LogP contribution is -2.31. The van der Waals surface area contributed by atoms with E-state index in [4.69, 9.17) is 4.42 Å². The molecule has 0 radical (unpaired) electrons. The van der Waals surface area contributed by atoms with Crippen LogP contribution in [-0.2, 0) is 6.42 Å². The lowest BCUT2D eigenvalue weighted by Gasteiger charge is -2.17. The average molecular weight is 334 g/mol. The fraction of sp³-hybridized carbons (Fsp3) is 0.312. The number of fused-ring (bicyclic) bond motifs is 1. The molecule has 0 saturated heterocycles. The van der Waals surface area contributed by atoms with Crippen molar-refractivity contribution in [3.8, 4) is 0 Å². The molecule has 104 valence electrons. The quantitative estimate of drug-likeness (QED) is 0.851. The molecular weight excluding hydrogens is 318 g/mol. The molecule has 0 aliphatic heterocycles. The number of carbonyl (C=O) groups is 1. The van der Waals surface area contributed by atoms with Crippen molar-refractivity contribution in [1.82, 2.24) is 5.32 Å². The van der Waals surface area contributed by atoms with E-state index in [-0.39, 0.29) is 16.8 Å². The van der Waals surface area contributed by atoms with Crippen LogP contribution in [0.5, 0.6) is 0 Å². The molecular formula is C16H16BrNO2. The maximum absolute atomic E-state index is 12.4. The van der Waals surface area contributed by atoms with Crippen LogP contribution >= 0.6 is 15.9 Å². The van der Waals surface area contributed by atoms with Gasteiger partial charge in [0.1, 0.15) is 11.5 Å². The van der Waals surface area contributed by atoms with Crippen LogP contribution in [0.3, 0.4) is 0 Å². The van der Waals surface area contributed by atoms with Crippen molar-refractivity contribution in [3.63, 3.8) is 0 Å². The Balaban J connectivity index is 1.85. The van der Waals surface area contributed by atoms with Crippen molar-refractivity contribution in [2.75, 3.05) is 0 Å². The van der Waals surface area contributed by atoms with Gasteiger partial charge in [-0.25, -0.2) is 0 Å². The Bertz CT molecular complexity index is 662. The van der Waals surface area contributed by atoms with Crippen molar-refractivity contribution in [1.29, 1.82) is 0 Å². The molecule has 0 fully saturated rings. The Hall–Kier alpha value is -1.55. The first-order chi connectivity index (χ1) is 9.56. The van der Waals surface area contributed by atoms with Gasteiger partial charge in [-0.15, -0.1) is 0 Å². The number of amides is 1. The molecule has 2 aromatic rings. The SMILES string of the molecule is Cc1cc(C(=O)NC2c3ccccc3CC2Br)c(C)o1. The third-order valence-corrected chi connectivity index (χ3v) is 4.59. The van der Waals surface area contributed by atoms with Gasteiger partial charge in [0.15, 0.2) is 0 Å². The van der Waals surface area contributed by atoms with Crippen molar-refractivity contribution < 1.29 is 9.21 Å². The van der Waals surface area contributed by atoms with Gasteiger partial charge < -0.3 is 9.73 Å². The second-order valence-electron chi connectivity index (χ2n) is 5.20. The number of rotatable bonds is 2. The normalized spacial score (nSPS) is 20.8. The first kappa shape index (κ1) is 13.4. The summed E-state index contributed by atoms with van der Waals surface area (Å²) in [6, 6.07) is 10.0. The zero-order valence-corrected chi connectivity index (χ0v) is 13.0. The van der Waals surface area contributed by atoms with Gasteiger partial charge >= 0.3 is 0 Å². The fourth-order valence-corrected chi connectivity index (χ4v) is 3.56. The second-order valence-corrected chi connectivity index (χ2v) is 6.37. The Morgan fingerprint density at radius 1 is 1.35 bits per heavy atom. The summed E-state index contributed by atoms with van der Waals surface area (Å²) >= 11 is 3.67. The van der Waals surface area contributed by atoms with Crippen LogP contribution in [0.2, 0.25) is 0 Å². The molecule has 1 heterocycles. The number of furan rings is 1. The van der Waals surface area contributed by atoms with Crippen LogP contribution in [0.4, 0.5) is 0 Å². The van der Waals surface area contributed by atoms with Crippen LogP contribution in [0.25, 0.3) is 0 Å². The smallest absolute Gasteiger partial charge is 0.255 e. The summed E-state index contributed by atoms with van der Waals surface area (Å²) in [5.41, 5.74) is 3.10. The topological polar surface area (TPSA) is 42.2 Å². The molecule has 3 rings (SSSR count). The first-order valence-electron chi connectivity index (χ1n) is 6.66. The minimum atomic E-state index is -0.0782. The van der Waals surface area contributed by atoms with Crippen molar-refractivity contribution in [2.45, 2.75) is 31.1 Å². The lowest BCUT2D eigenvalue weighted by atomic mass is 10.1. The molecule has 4 heteroatoms. The summed E-state index contributed by atoms with van der Waals surface area (Å²) in [4.78, 5) is 12.6. The van der Waals surface area contributed by atoms with Gasteiger partial charge in [-0.1, -0.05) is 40.2 Å². The zero-order valence-electron chi connectivity index (χ0n) is 11.4. The average Bonchev–Trinajstić information content (AvgIpc) is 2.90. The molecule has 2 atom stereocenters. The Morgan fingerprint density at radius 3 is 2.80 bits per heavy atom. The number of carbonyl (C=O) groups excluding carboxylic acids is 1. The predicted octanol–water partition coefficient (Wildman–Crippen LogP) is 3.69. The van der Waals surface area contributed by atoms with E-state index in [2.05, 4.69) is 33.4 Å². The number of hydrogen-bond acceptors (Lipinski definition) is 2. The largest absolute Gasteiger partial charge is 0.466 e. The molecule has 1 aliphatic carbocycles. The zero-order chi connectivity index (χ0) is 14.3. The van der Waals surface area contributed by atoms with E-state index in [0.29, 0.717) is 11.3 Å². The van der Waals surface area contributed by atoms with Gasteiger partial charge in [-0.2, -0.15) is 0 Å². The van der Waals surface area contributed by atoms with Gasteiger partial charge in [0.25, 0.3) is 5.91 Å². The maximum Gasteiger partial charge on any atom is 0.255 e. The standard InChI is InChI=1S/C16H16BrNO2/c1-9-7-13(10(2)20-9)16(19)18-15-12-6-4-3-5-11(12)8-14(15)17/h3-7,14-15H,8H2,1-2H3,(H,18,19). The van der Waals surface area contributed by atoms with E-state index in [1.165, 1.54) is 11.1 Å². The predicted molar refractivity (Wildman–Crippen MR) is 81.3 cm³/mol. The summed E-state index contributed by atoms with van der Waals surface area (Å²) < 4.78 is 5.42. The van der Waals surface area contributed by atoms with Crippen LogP contribution < -0.4 is 5.32 Å². The van der Waals surface area contributed by atoms with E-state index >= 15 is 0 Å². The highest BCUT2D eigenvalue weighted by Gasteiger charge is 2.32. The number of hydrogen-bond donors (Lipinski definition) is 1. The number of alkyl halides is 1. The van der Waals surface area contributed by atoms with Crippen molar-refractivity contribution in [2.24, 2.45) is 0 Å². The first-order valence-corrected chi connectivity index (χ1v) is 7.57. The molecule has 1 N–H and O–H groups in total. The summed E-state index contributed by atoms with van der Waals surface area (Å²) in [6.45, 7) is 3.66. The third-order valence-electron chi connectivity index (χ3n) is 3.74. The molecule has 0 bridgehead atoms. The molecule has 1 amide bonds. The molecule has 1 aromatic heterocycles. The van der Waals surface area contributed by atoms with Gasteiger partial charge in [-0.3, -0.25) is 4.79 Å². The van der Waals surface area contributed by atoms with Crippen LogP contribution in [-0.4, -0.2) is 10.7 Å². The van der Waals surface area contributed by atoms with E-state index in [9.17, 15) is 4.79 Å². The second kappa shape index (κ2) is 5.09. The summed E-state index contributed by atoms with van der Waals surface area (Å²) in [6.07, 6.45) is 0.935. The molecule has 2 unspecified atom stereocenters. The lowest BCUT2D eigenvalue weighted by molar-refractivity contribution is 0.0936. The molecule has 0 saturated carbocycles. The van der Waals surface area contributed by atoms with E-state index in [1.54, 1.807) is 6.07 Å². The highest BCUT2D eigenvalue weighted by molar-refractivity contribution is 9.09. The molecule has 20 heavy (non-hydrogen) atoms. The monoisotopic (exact) mass is 333 g/mol. The number of benzene rings is 1. The highest BCUT2D eigenvalue weighted by atomic mass is 79.9. The minimum absolute atomic E-state index is 0.00769. The highest BCUT2D eigenvalue weighted by Crippen LogP contribution is 2.36. The van der Waals surface area contributed by atoms with Crippen LogP contribution in [0, 0.1) is 13.8 Å². The van der Waals surface area contributed by atoms with Crippen LogP contribution in [0.15, 0.2) is 34.7 Å².